The van der Waals surface area contributed by atoms with Crippen LogP contribution < -0.4 is 0 Å². The number of hydrogen-bond donors (Lipinski definition) is 0. The maximum Gasteiger partial charge on any atom is 0.239 e. The Bertz CT molecular complexity index is 113. The molecule has 1 fully saturated rings. The smallest absolute Gasteiger partial charge is 0.239 e. The molecule has 8 heavy (non-hydrogen) atoms. The van der Waals surface area contributed by atoms with Gasteiger partial charge in [0, 0.05) is 6.42 Å². The van der Waals surface area contributed by atoms with Gasteiger partial charge in [-0.2, -0.15) is 0 Å². The molecule has 0 radical (unpaired) electrons. The average molecular weight is 116 g/mol. The zero-order valence-corrected chi connectivity index (χ0v) is 4.86. The van der Waals surface area contributed by atoms with Crippen molar-refractivity contribution in [2.45, 2.75) is 25.3 Å². The molecular weight excluding hydrogens is 107 g/mol. The lowest BCUT2D eigenvalue weighted by Gasteiger charge is -1.91. The standard InChI is InChI=1S/C6H9FO/c1-3-4-6(7)5(2)8-6/h3,5H,1,4H2,2H3. The van der Waals surface area contributed by atoms with Crippen molar-refractivity contribution >= 4 is 0 Å². The minimum absolute atomic E-state index is 0.222. The van der Waals surface area contributed by atoms with Gasteiger partial charge in [-0.3, -0.25) is 0 Å². The van der Waals surface area contributed by atoms with E-state index in [4.69, 9.17) is 0 Å². The molecule has 1 aliphatic rings. The van der Waals surface area contributed by atoms with E-state index in [1.807, 2.05) is 0 Å². The largest absolute Gasteiger partial charge is 0.334 e. The number of epoxide rings is 1. The van der Waals surface area contributed by atoms with Gasteiger partial charge in [0.25, 0.3) is 0 Å². The summed E-state index contributed by atoms with van der Waals surface area (Å²) in [4.78, 5) is 0. The fraction of sp³-hybridized carbons (Fsp3) is 0.667. The normalized spacial score (nSPS) is 44.0. The quantitative estimate of drug-likeness (QED) is 0.394. The van der Waals surface area contributed by atoms with Crippen molar-refractivity contribution < 1.29 is 9.13 Å². The summed E-state index contributed by atoms with van der Waals surface area (Å²) in [5.74, 6) is -1.36. The van der Waals surface area contributed by atoms with Crippen LogP contribution in [-0.2, 0) is 4.74 Å². The Kier molecular flexibility index (Phi) is 1.12. The van der Waals surface area contributed by atoms with Crippen LogP contribution in [-0.4, -0.2) is 12.0 Å². The Morgan fingerprint density at radius 3 is 2.62 bits per heavy atom. The van der Waals surface area contributed by atoms with Crippen LogP contribution in [0.2, 0.25) is 0 Å². The van der Waals surface area contributed by atoms with Crippen molar-refractivity contribution in [1.29, 1.82) is 0 Å². The molecule has 0 saturated carbocycles. The summed E-state index contributed by atoms with van der Waals surface area (Å²) in [7, 11) is 0. The minimum Gasteiger partial charge on any atom is -0.334 e. The third kappa shape index (κ3) is 0.757. The van der Waals surface area contributed by atoms with Gasteiger partial charge in [-0.25, -0.2) is 4.39 Å². The first-order valence-corrected chi connectivity index (χ1v) is 2.66. The van der Waals surface area contributed by atoms with Crippen molar-refractivity contribution in [1.82, 2.24) is 0 Å². The van der Waals surface area contributed by atoms with Gasteiger partial charge in [0.15, 0.2) is 0 Å². The molecule has 1 saturated heterocycles. The van der Waals surface area contributed by atoms with Crippen LogP contribution in [0.1, 0.15) is 13.3 Å². The molecule has 0 aromatic carbocycles. The summed E-state index contributed by atoms with van der Waals surface area (Å²) in [5.41, 5.74) is 0. The summed E-state index contributed by atoms with van der Waals surface area (Å²) in [6.45, 7) is 5.11. The van der Waals surface area contributed by atoms with E-state index in [-0.39, 0.29) is 6.10 Å². The molecule has 1 nitrogen and oxygen atoms in total. The molecule has 0 aromatic heterocycles. The number of hydrogen-bond acceptors (Lipinski definition) is 1. The second-order valence-electron chi connectivity index (χ2n) is 2.04. The highest BCUT2D eigenvalue weighted by Crippen LogP contribution is 2.40. The monoisotopic (exact) mass is 116 g/mol. The van der Waals surface area contributed by atoms with E-state index in [0.717, 1.165) is 0 Å². The van der Waals surface area contributed by atoms with Gasteiger partial charge in [0.05, 0.1) is 0 Å². The summed E-state index contributed by atoms with van der Waals surface area (Å²) in [5, 5.41) is 0. The maximum atomic E-state index is 12.6. The van der Waals surface area contributed by atoms with Crippen LogP contribution in [0.4, 0.5) is 4.39 Å². The second-order valence-corrected chi connectivity index (χ2v) is 2.04. The lowest BCUT2D eigenvalue weighted by atomic mass is 10.2. The second kappa shape index (κ2) is 1.55. The number of ether oxygens (including phenoxy) is 1. The first-order chi connectivity index (χ1) is 3.69. The van der Waals surface area contributed by atoms with Crippen LogP contribution in [0.15, 0.2) is 12.7 Å². The van der Waals surface area contributed by atoms with Crippen molar-refractivity contribution in [3.8, 4) is 0 Å². The highest BCUT2D eigenvalue weighted by Gasteiger charge is 2.53. The molecule has 1 rings (SSSR count). The van der Waals surface area contributed by atoms with Crippen molar-refractivity contribution in [2.24, 2.45) is 0 Å². The number of halogens is 1. The SMILES string of the molecule is C=CCC1(F)OC1C. The fourth-order valence-corrected chi connectivity index (χ4v) is 0.671. The predicted molar refractivity (Wildman–Crippen MR) is 29.2 cm³/mol. The Morgan fingerprint density at radius 1 is 2.00 bits per heavy atom. The summed E-state index contributed by atoms with van der Waals surface area (Å²) in [6.07, 6.45) is 1.62. The average Bonchev–Trinajstić information content (AvgIpc) is 2.16. The highest BCUT2D eigenvalue weighted by molar-refractivity contribution is 4.94. The van der Waals surface area contributed by atoms with Crippen molar-refractivity contribution in [2.75, 3.05) is 0 Å². The maximum absolute atomic E-state index is 12.6. The highest BCUT2D eigenvalue weighted by atomic mass is 19.2. The van der Waals surface area contributed by atoms with Gasteiger partial charge in [-0.05, 0) is 6.92 Å². The van der Waals surface area contributed by atoms with Gasteiger partial charge >= 0.3 is 0 Å². The van der Waals surface area contributed by atoms with Crippen molar-refractivity contribution in [3.05, 3.63) is 12.7 Å². The summed E-state index contributed by atoms with van der Waals surface area (Å²) >= 11 is 0. The topological polar surface area (TPSA) is 12.5 Å². The third-order valence-electron chi connectivity index (χ3n) is 1.35. The Hall–Kier alpha value is -0.370. The van der Waals surface area contributed by atoms with E-state index in [2.05, 4.69) is 11.3 Å². The van der Waals surface area contributed by atoms with Gasteiger partial charge in [-0.1, -0.05) is 6.08 Å². The Balaban J connectivity index is 2.35. The minimum atomic E-state index is -1.36. The van der Waals surface area contributed by atoms with Crippen LogP contribution in [0.3, 0.4) is 0 Å². The number of alkyl halides is 1. The van der Waals surface area contributed by atoms with Gasteiger partial charge < -0.3 is 4.74 Å². The van der Waals surface area contributed by atoms with E-state index < -0.39 is 5.85 Å². The molecule has 0 aliphatic carbocycles. The Labute approximate surface area is 48.1 Å². The zero-order chi connectivity index (χ0) is 6.20. The molecule has 0 aromatic rings. The van der Waals surface area contributed by atoms with E-state index in [1.54, 1.807) is 6.92 Å². The fourth-order valence-electron chi connectivity index (χ4n) is 0.671. The van der Waals surface area contributed by atoms with Crippen LogP contribution >= 0.6 is 0 Å². The molecule has 0 N–H and O–H groups in total. The van der Waals surface area contributed by atoms with Crippen molar-refractivity contribution in [3.63, 3.8) is 0 Å². The lowest BCUT2D eigenvalue weighted by Crippen LogP contribution is -2.02. The molecule has 1 heterocycles. The molecule has 1 aliphatic heterocycles. The van der Waals surface area contributed by atoms with Crippen LogP contribution in [0, 0.1) is 0 Å². The van der Waals surface area contributed by atoms with E-state index in [9.17, 15) is 4.39 Å². The zero-order valence-electron chi connectivity index (χ0n) is 4.86. The predicted octanol–water partition coefficient (Wildman–Crippen LogP) is 1.65. The molecular formula is C6H9FO. The third-order valence-corrected chi connectivity index (χ3v) is 1.35. The lowest BCUT2D eigenvalue weighted by molar-refractivity contribution is 0.144. The molecule has 2 heteroatoms. The van der Waals surface area contributed by atoms with Gasteiger partial charge in [-0.15, -0.1) is 6.58 Å². The molecule has 0 spiro atoms. The Morgan fingerprint density at radius 2 is 2.50 bits per heavy atom. The van der Waals surface area contributed by atoms with E-state index in [1.165, 1.54) is 6.08 Å². The van der Waals surface area contributed by atoms with Crippen LogP contribution in [0.5, 0.6) is 0 Å². The molecule has 0 amide bonds. The molecule has 0 bridgehead atoms. The van der Waals surface area contributed by atoms with Crippen LogP contribution in [0.25, 0.3) is 0 Å². The van der Waals surface area contributed by atoms with Gasteiger partial charge in [0.2, 0.25) is 5.85 Å². The van der Waals surface area contributed by atoms with E-state index in [0.29, 0.717) is 6.42 Å². The molecule has 46 valence electrons. The first-order valence-electron chi connectivity index (χ1n) is 2.66. The van der Waals surface area contributed by atoms with E-state index >= 15 is 0 Å². The number of rotatable bonds is 2. The summed E-state index contributed by atoms with van der Waals surface area (Å²) in [6, 6.07) is 0. The molecule has 2 unspecified atom stereocenters. The summed E-state index contributed by atoms with van der Waals surface area (Å²) < 4.78 is 17.2. The van der Waals surface area contributed by atoms with Gasteiger partial charge in [0.1, 0.15) is 6.10 Å². The first kappa shape index (κ1) is 5.76. The molecule has 2 atom stereocenters.